The highest BCUT2D eigenvalue weighted by molar-refractivity contribution is 5.71. The third kappa shape index (κ3) is 5.59. The molecule has 210 valence electrons. The number of pyridine rings is 2. The Kier molecular flexibility index (Phi) is 7.65. The van der Waals surface area contributed by atoms with Crippen molar-refractivity contribution in [1.29, 1.82) is 0 Å². The largest absolute Gasteiger partial charge is 0.418 e. The van der Waals surface area contributed by atoms with E-state index in [0.717, 1.165) is 22.3 Å². The fourth-order valence-electron chi connectivity index (χ4n) is 5.71. The summed E-state index contributed by atoms with van der Waals surface area (Å²) in [5, 5.41) is 0. The van der Waals surface area contributed by atoms with Crippen LogP contribution in [0.4, 0.5) is 26.3 Å². The molecule has 1 aliphatic carbocycles. The zero-order chi connectivity index (χ0) is 28.6. The summed E-state index contributed by atoms with van der Waals surface area (Å²) in [6, 6.07) is 8.54. The highest BCUT2D eigenvalue weighted by atomic mass is 19.4. The van der Waals surface area contributed by atoms with Gasteiger partial charge in [0.25, 0.3) is 5.56 Å². The van der Waals surface area contributed by atoms with Crippen LogP contribution >= 0.6 is 0 Å². The number of rotatable bonds is 6. The fourth-order valence-corrected chi connectivity index (χ4v) is 5.71. The average molecular weight is 561 g/mol. The first-order valence-corrected chi connectivity index (χ1v) is 13.0. The van der Waals surface area contributed by atoms with Crippen molar-refractivity contribution < 1.29 is 26.3 Å². The summed E-state index contributed by atoms with van der Waals surface area (Å²) in [6.45, 7) is 1.30. The van der Waals surface area contributed by atoms with Crippen LogP contribution in [0.1, 0.15) is 71.2 Å². The maximum Gasteiger partial charge on any atom is 0.418 e. The summed E-state index contributed by atoms with van der Waals surface area (Å²) in [6.07, 6.45) is -3.38. The SMILES string of the molecule is Cc1cccc(F)c1C1CCC(c2cc3ncc(CC(F)F)nc3n(Cc3ncccc3C(F)(F)F)c2=O)CC1. The van der Waals surface area contributed by atoms with Crippen LogP contribution in [0.25, 0.3) is 11.2 Å². The molecule has 3 heterocycles. The maximum atomic E-state index is 14.6. The number of aromatic nitrogens is 4. The minimum absolute atomic E-state index is 0.0142. The van der Waals surface area contributed by atoms with Crippen LogP contribution < -0.4 is 5.56 Å². The monoisotopic (exact) mass is 560 g/mol. The van der Waals surface area contributed by atoms with E-state index in [0.29, 0.717) is 36.8 Å². The Morgan fingerprint density at radius 2 is 1.75 bits per heavy atom. The van der Waals surface area contributed by atoms with Crippen molar-refractivity contribution in [2.45, 2.75) is 70.0 Å². The molecule has 40 heavy (non-hydrogen) atoms. The number of benzene rings is 1. The lowest BCUT2D eigenvalue weighted by molar-refractivity contribution is -0.138. The first kappa shape index (κ1) is 27.8. The number of hydrogen-bond acceptors (Lipinski definition) is 4. The smallest absolute Gasteiger partial charge is 0.285 e. The van der Waals surface area contributed by atoms with E-state index >= 15 is 0 Å². The number of nitrogens with zero attached hydrogens (tertiary/aromatic N) is 4. The van der Waals surface area contributed by atoms with Crippen molar-refractivity contribution in [1.82, 2.24) is 19.5 Å². The molecule has 0 aliphatic heterocycles. The average Bonchev–Trinajstić information content (AvgIpc) is 2.90. The molecule has 1 saturated carbocycles. The molecule has 1 fully saturated rings. The summed E-state index contributed by atoms with van der Waals surface area (Å²) < 4.78 is 82.9. The molecule has 0 radical (unpaired) electrons. The molecule has 0 saturated heterocycles. The molecule has 4 aromatic rings. The van der Waals surface area contributed by atoms with Crippen molar-refractivity contribution in [3.63, 3.8) is 0 Å². The van der Waals surface area contributed by atoms with E-state index < -0.39 is 42.4 Å². The number of halogens is 6. The Hall–Kier alpha value is -3.76. The van der Waals surface area contributed by atoms with Gasteiger partial charge in [0.2, 0.25) is 6.43 Å². The molecule has 5 rings (SSSR count). The normalized spacial score (nSPS) is 18.0. The summed E-state index contributed by atoms with van der Waals surface area (Å²) in [5.41, 5.74) is -0.0248. The van der Waals surface area contributed by atoms with Gasteiger partial charge in [-0.1, -0.05) is 12.1 Å². The quantitative estimate of drug-likeness (QED) is 0.240. The van der Waals surface area contributed by atoms with E-state index in [1.54, 1.807) is 12.1 Å². The molecule has 0 bridgehead atoms. The lowest BCUT2D eigenvalue weighted by Gasteiger charge is -2.30. The van der Waals surface area contributed by atoms with Crippen molar-refractivity contribution >= 4 is 11.2 Å². The molecular formula is C29H26F6N4O. The second-order valence-electron chi connectivity index (χ2n) is 10.2. The van der Waals surface area contributed by atoms with Gasteiger partial charge < -0.3 is 0 Å². The van der Waals surface area contributed by atoms with Crippen LogP contribution in [0.3, 0.4) is 0 Å². The van der Waals surface area contributed by atoms with Crippen LogP contribution in [0.2, 0.25) is 0 Å². The van der Waals surface area contributed by atoms with Gasteiger partial charge in [0.1, 0.15) is 11.3 Å². The number of aryl methyl sites for hydroxylation is 1. The molecule has 0 atom stereocenters. The van der Waals surface area contributed by atoms with E-state index in [4.69, 9.17) is 0 Å². The van der Waals surface area contributed by atoms with Gasteiger partial charge in [-0.15, -0.1) is 0 Å². The van der Waals surface area contributed by atoms with Gasteiger partial charge in [-0.25, -0.2) is 18.2 Å². The maximum absolute atomic E-state index is 14.6. The molecule has 1 aromatic carbocycles. The van der Waals surface area contributed by atoms with E-state index in [1.807, 2.05) is 13.0 Å². The molecule has 0 spiro atoms. The Labute approximate surface area is 225 Å². The van der Waals surface area contributed by atoms with Crippen LogP contribution in [0.15, 0.2) is 53.6 Å². The number of alkyl halides is 5. The molecule has 1 aliphatic rings. The first-order valence-electron chi connectivity index (χ1n) is 13.0. The first-order chi connectivity index (χ1) is 19.0. The zero-order valence-corrected chi connectivity index (χ0v) is 21.6. The molecule has 5 nitrogen and oxygen atoms in total. The predicted molar refractivity (Wildman–Crippen MR) is 137 cm³/mol. The Morgan fingerprint density at radius 3 is 2.42 bits per heavy atom. The Balaban J connectivity index is 1.55. The van der Waals surface area contributed by atoms with Gasteiger partial charge in [0.05, 0.1) is 29.9 Å². The third-order valence-electron chi connectivity index (χ3n) is 7.58. The van der Waals surface area contributed by atoms with Crippen LogP contribution in [-0.4, -0.2) is 25.9 Å². The lowest BCUT2D eigenvalue weighted by atomic mass is 9.75. The van der Waals surface area contributed by atoms with Gasteiger partial charge in [0, 0.05) is 18.0 Å². The summed E-state index contributed by atoms with van der Waals surface area (Å²) in [5.74, 6) is -0.512. The molecule has 3 aromatic heterocycles. The topological polar surface area (TPSA) is 60.7 Å². The molecule has 0 N–H and O–H groups in total. The zero-order valence-electron chi connectivity index (χ0n) is 21.6. The molecule has 0 unspecified atom stereocenters. The minimum Gasteiger partial charge on any atom is -0.285 e. The second kappa shape index (κ2) is 11.0. The van der Waals surface area contributed by atoms with Crippen molar-refractivity contribution in [2.24, 2.45) is 0 Å². The number of fused-ring (bicyclic) bond motifs is 1. The molecule has 11 heteroatoms. The fraction of sp³-hybridized carbons (Fsp3) is 0.379. The highest BCUT2D eigenvalue weighted by Crippen LogP contribution is 2.42. The second-order valence-corrected chi connectivity index (χ2v) is 10.2. The van der Waals surface area contributed by atoms with Crippen LogP contribution in [0.5, 0.6) is 0 Å². The van der Waals surface area contributed by atoms with Crippen molar-refractivity contribution in [3.05, 3.63) is 98.6 Å². The Bertz CT molecular complexity index is 1570. The van der Waals surface area contributed by atoms with Gasteiger partial charge in [-0.2, -0.15) is 13.2 Å². The van der Waals surface area contributed by atoms with Crippen LogP contribution in [-0.2, 0) is 19.1 Å². The number of hydrogen-bond donors (Lipinski definition) is 0. The predicted octanol–water partition coefficient (Wildman–Crippen LogP) is 6.95. The van der Waals surface area contributed by atoms with Gasteiger partial charge in [-0.3, -0.25) is 19.3 Å². The standard InChI is InChI=1S/C29H26F6N4O/c1-16-4-2-6-22(30)26(16)18-9-7-17(8-10-18)20-13-23-27(38-19(14-37-23)12-25(31)32)39(28(20)40)15-24-21(29(33,34)35)5-3-11-36-24/h2-6,11,13-14,17-18,25H,7-10,12,15H2,1H3. The van der Waals surface area contributed by atoms with Gasteiger partial charge in [-0.05, 0) is 79.8 Å². The summed E-state index contributed by atoms with van der Waals surface area (Å²) >= 11 is 0. The summed E-state index contributed by atoms with van der Waals surface area (Å²) in [7, 11) is 0. The van der Waals surface area contributed by atoms with Crippen molar-refractivity contribution in [3.8, 4) is 0 Å². The van der Waals surface area contributed by atoms with Gasteiger partial charge >= 0.3 is 6.18 Å². The minimum atomic E-state index is -4.71. The lowest BCUT2D eigenvalue weighted by Crippen LogP contribution is -2.29. The molecule has 0 amide bonds. The van der Waals surface area contributed by atoms with Gasteiger partial charge in [0.15, 0.2) is 5.65 Å². The van der Waals surface area contributed by atoms with E-state index in [9.17, 15) is 31.1 Å². The van der Waals surface area contributed by atoms with Crippen LogP contribution in [0, 0.1) is 12.7 Å². The summed E-state index contributed by atoms with van der Waals surface area (Å²) in [4.78, 5) is 26.1. The third-order valence-corrected chi connectivity index (χ3v) is 7.58. The highest BCUT2D eigenvalue weighted by Gasteiger charge is 2.34. The molecular weight excluding hydrogens is 534 g/mol. The Morgan fingerprint density at radius 1 is 1.02 bits per heavy atom. The van der Waals surface area contributed by atoms with Crippen molar-refractivity contribution in [2.75, 3.05) is 0 Å². The van der Waals surface area contributed by atoms with E-state index in [2.05, 4.69) is 15.0 Å². The van der Waals surface area contributed by atoms with E-state index in [1.165, 1.54) is 18.5 Å². The van der Waals surface area contributed by atoms with E-state index in [-0.39, 0.29) is 34.5 Å².